The molecule has 0 aliphatic heterocycles. The number of hydrogen-bond donors (Lipinski definition) is 1. The lowest BCUT2D eigenvalue weighted by atomic mass is 10.1. The van der Waals surface area contributed by atoms with Gasteiger partial charge in [-0.3, -0.25) is 9.89 Å². The van der Waals surface area contributed by atoms with Crippen LogP contribution in [0.1, 0.15) is 23.0 Å². The molecule has 82 valence electrons. The highest BCUT2D eigenvalue weighted by molar-refractivity contribution is 5.94. The van der Waals surface area contributed by atoms with Gasteiger partial charge in [0.05, 0.1) is 0 Å². The molecule has 0 saturated heterocycles. The lowest BCUT2D eigenvalue weighted by Crippen LogP contribution is -1.92. The van der Waals surface area contributed by atoms with Gasteiger partial charge in [0.15, 0.2) is 5.78 Å². The van der Waals surface area contributed by atoms with Crippen LogP contribution in [-0.4, -0.2) is 16.0 Å². The number of Topliss-reactive ketones (excluding diaryl/α,β-unsaturated/α-hetero) is 1. The van der Waals surface area contributed by atoms with Crippen molar-refractivity contribution < 1.29 is 9.53 Å². The zero-order valence-corrected chi connectivity index (χ0v) is 9.15. The van der Waals surface area contributed by atoms with E-state index in [1.807, 2.05) is 6.92 Å². The summed E-state index contributed by atoms with van der Waals surface area (Å²) in [5.41, 5.74) is 1.56. The number of hydrogen-bond acceptors (Lipinski definition) is 3. The Balaban J connectivity index is 2.21. The first-order chi connectivity index (χ1) is 7.65. The second-order valence-electron chi connectivity index (χ2n) is 3.58. The quantitative estimate of drug-likeness (QED) is 0.802. The van der Waals surface area contributed by atoms with Crippen molar-refractivity contribution in [3.8, 4) is 11.6 Å². The van der Waals surface area contributed by atoms with Gasteiger partial charge in [-0.1, -0.05) is 12.1 Å². The predicted octanol–water partition coefficient (Wildman–Crippen LogP) is 2.71. The summed E-state index contributed by atoms with van der Waals surface area (Å²) in [4.78, 5) is 11.2. The fourth-order valence-electron chi connectivity index (χ4n) is 1.34. The van der Waals surface area contributed by atoms with Crippen molar-refractivity contribution in [3.05, 3.63) is 41.6 Å². The van der Waals surface area contributed by atoms with E-state index in [1.165, 1.54) is 6.92 Å². The number of aryl methyl sites for hydroxylation is 1. The van der Waals surface area contributed by atoms with Gasteiger partial charge in [0, 0.05) is 17.3 Å². The van der Waals surface area contributed by atoms with Crippen molar-refractivity contribution >= 4 is 5.78 Å². The second-order valence-corrected chi connectivity index (χ2v) is 3.58. The SMILES string of the molecule is CC(=O)c1cccc(Oc2cc(C)[nH]n2)c1. The van der Waals surface area contributed by atoms with Crippen LogP contribution in [0.2, 0.25) is 0 Å². The molecule has 0 spiro atoms. The van der Waals surface area contributed by atoms with Crippen molar-refractivity contribution in [1.29, 1.82) is 0 Å². The van der Waals surface area contributed by atoms with E-state index in [0.29, 0.717) is 17.2 Å². The molecule has 2 rings (SSSR count). The molecule has 0 aliphatic rings. The van der Waals surface area contributed by atoms with Gasteiger partial charge in [-0.15, -0.1) is 5.10 Å². The van der Waals surface area contributed by atoms with Gasteiger partial charge in [0.2, 0.25) is 5.88 Å². The van der Waals surface area contributed by atoms with Crippen LogP contribution < -0.4 is 4.74 Å². The Kier molecular flexibility index (Phi) is 2.72. The first-order valence-corrected chi connectivity index (χ1v) is 4.96. The highest BCUT2D eigenvalue weighted by atomic mass is 16.5. The van der Waals surface area contributed by atoms with Gasteiger partial charge in [-0.25, -0.2) is 0 Å². The highest BCUT2D eigenvalue weighted by Crippen LogP contribution is 2.20. The van der Waals surface area contributed by atoms with E-state index in [0.717, 1.165) is 5.69 Å². The third-order valence-corrected chi connectivity index (χ3v) is 2.15. The normalized spacial score (nSPS) is 10.1. The topological polar surface area (TPSA) is 55.0 Å². The Bertz CT molecular complexity index is 517. The van der Waals surface area contributed by atoms with E-state index >= 15 is 0 Å². The molecule has 1 aromatic carbocycles. The van der Waals surface area contributed by atoms with Crippen LogP contribution in [0.15, 0.2) is 30.3 Å². The van der Waals surface area contributed by atoms with E-state index in [2.05, 4.69) is 10.2 Å². The molecule has 2 aromatic rings. The van der Waals surface area contributed by atoms with Gasteiger partial charge in [0.1, 0.15) is 5.75 Å². The van der Waals surface area contributed by atoms with Gasteiger partial charge in [-0.2, -0.15) is 0 Å². The molecule has 1 N–H and O–H groups in total. The minimum atomic E-state index is 0.0173. The van der Waals surface area contributed by atoms with Crippen molar-refractivity contribution in [2.45, 2.75) is 13.8 Å². The average Bonchev–Trinajstić information content (AvgIpc) is 2.64. The summed E-state index contributed by atoms with van der Waals surface area (Å²) in [7, 11) is 0. The number of nitrogens with one attached hydrogen (secondary N) is 1. The monoisotopic (exact) mass is 216 g/mol. The summed E-state index contributed by atoms with van der Waals surface area (Å²) in [5.74, 6) is 1.13. The van der Waals surface area contributed by atoms with Crippen molar-refractivity contribution in [2.75, 3.05) is 0 Å². The Morgan fingerprint density at radius 1 is 1.38 bits per heavy atom. The number of aromatic amines is 1. The number of carbonyl (C=O) groups is 1. The minimum Gasteiger partial charge on any atom is -0.438 e. The number of H-pyrrole nitrogens is 1. The van der Waals surface area contributed by atoms with E-state index in [4.69, 9.17) is 4.74 Å². The van der Waals surface area contributed by atoms with Crippen molar-refractivity contribution in [2.24, 2.45) is 0 Å². The zero-order valence-electron chi connectivity index (χ0n) is 9.15. The molecule has 0 amide bonds. The zero-order chi connectivity index (χ0) is 11.5. The Hall–Kier alpha value is -2.10. The van der Waals surface area contributed by atoms with Gasteiger partial charge < -0.3 is 4.74 Å². The lowest BCUT2D eigenvalue weighted by molar-refractivity contribution is 0.101. The Labute approximate surface area is 93.3 Å². The number of ether oxygens (including phenoxy) is 1. The average molecular weight is 216 g/mol. The highest BCUT2D eigenvalue weighted by Gasteiger charge is 2.04. The summed E-state index contributed by atoms with van der Waals surface area (Å²) in [6.45, 7) is 3.42. The van der Waals surface area contributed by atoms with Crippen molar-refractivity contribution in [3.63, 3.8) is 0 Å². The van der Waals surface area contributed by atoms with Crippen LogP contribution in [0.25, 0.3) is 0 Å². The molecule has 1 aromatic heterocycles. The van der Waals surface area contributed by atoms with E-state index < -0.39 is 0 Å². The van der Waals surface area contributed by atoms with Crippen molar-refractivity contribution in [1.82, 2.24) is 10.2 Å². The fourth-order valence-corrected chi connectivity index (χ4v) is 1.34. The summed E-state index contributed by atoms with van der Waals surface area (Å²) < 4.78 is 5.50. The molecule has 4 nitrogen and oxygen atoms in total. The Morgan fingerprint density at radius 2 is 2.19 bits per heavy atom. The molecule has 16 heavy (non-hydrogen) atoms. The van der Waals surface area contributed by atoms with Crippen LogP contribution in [0.4, 0.5) is 0 Å². The van der Waals surface area contributed by atoms with Crippen LogP contribution >= 0.6 is 0 Å². The van der Waals surface area contributed by atoms with Crippen LogP contribution in [0.5, 0.6) is 11.6 Å². The maximum absolute atomic E-state index is 11.2. The fraction of sp³-hybridized carbons (Fsp3) is 0.167. The summed E-state index contributed by atoms with van der Waals surface area (Å²) in [5, 5.41) is 6.74. The largest absolute Gasteiger partial charge is 0.438 e. The summed E-state index contributed by atoms with van der Waals surface area (Å²) in [6, 6.07) is 8.82. The molecule has 0 saturated carbocycles. The molecule has 0 fully saturated rings. The second kappa shape index (κ2) is 4.18. The summed E-state index contributed by atoms with van der Waals surface area (Å²) >= 11 is 0. The molecule has 1 heterocycles. The van der Waals surface area contributed by atoms with E-state index in [1.54, 1.807) is 30.3 Å². The molecular formula is C12H12N2O2. The van der Waals surface area contributed by atoms with Gasteiger partial charge in [-0.05, 0) is 26.0 Å². The van der Waals surface area contributed by atoms with Gasteiger partial charge >= 0.3 is 0 Å². The molecule has 0 unspecified atom stereocenters. The molecular weight excluding hydrogens is 204 g/mol. The summed E-state index contributed by atoms with van der Waals surface area (Å²) in [6.07, 6.45) is 0. The smallest absolute Gasteiger partial charge is 0.238 e. The van der Waals surface area contributed by atoms with E-state index in [-0.39, 0.29) is 5.78 Å². The third-order valence-electron chi connectivity index (χ3n) is 2.15. The van der Waals surface area contributed by atoms with Crippen LogP contribution in [0, 0.1) is 6.92 Å². The van der Waals surface area contributed by atoms with Crippen LogP contribution in [-0.2, 0) is 0 Å². The maximum atomic E-state index is 11.2. The van der Waals surface area contributed by atoms with E-state index in [9.17, 15) is 4.79 Å². The number of rotatable bonds is 3. The third kappa shape index (κ3) is 2.28. The standard InChI is InChI=1S/C12H12N2O2/c1-8-6-12(14-13-8)16-11-5-3-4-10(7-11)9(2)15/h3-7H,1-2H3,(H,13,14). The minimum absolute atomic E-state index is 0.0173. The van der Waals surface area contributed by atoms with Crippen LogP contribution in [0.3, 0.4) is 0 Å². The molecule has 0 aliphatic carbocycles. The molecule has 0 radical (unpaired) electrons. The Morgan fingerprint density at radius 3 is 2.81 bits per heavy atom. The number of carbonyl (C=O) groups excluding carboxylic acids is 1. The first kappa shape index (κ1) is 10.4. The molecule has 0 bridgehead atoms. The molecule has 4 heteroatoms. The lowest BCUT2D eigenvalue weighted by Gasteiger charge is -2.02. The predicted molar refractivity (Wildman–Crippen MR) is 59.8 cm³/mol. The number of ketones is 1. The van der Waals surface area contributed by atoms with Gasteiger partial charge in [0.25, 0.3) is 0 Å². The first-order valence-electron chi connectivity index (χ1n) is 4.96. The number of nitrogens with zero attached hydrogens (tertiary/aromatic N) is 1. The molecule has 0 atom stereocenters. The number of aromatic nitrogens is 2. The number of benzene rings is 1. The maximum Gasteiger partial charge on any atom is 0.238 e.